The molecule has 0 saturated heterocycles. The summed E-state index contributed by atoms with van der Waals surface area (Å²) in [7, 11) is -5.84. The van der Waals surface area contributed by atoms with Gasteiger partial charge in [0.25, 0.3) is 0 Å². The van der Waals surface area contributed by atoms with Gasteiger partial charge in [-0.3, -0.25) is 14.1 Å². The number of alkyl halides is 2. The van der Waals surface area contributed by atoms with E-state index in [-0.39, 0.29) is 5.57 Å². The predicted octanol–water partition coefficient (Wildman–Crippen LogP) is 0.571. The van der Waals surface area contributed by atoms with Gasteiger partial charge in [-0.05, 0) is 12.5 Å². The summed E-state index contributed by atoms with van der Waals surface area (Å²) in [5.74, 6) is -3.19. The van der Waals surface area contributed by atoms with E-state index >= 15 is 0 Å². The van der Waals surface area contributed by atoms with E-state index in [1.165, 1.54) is 6.92 Å². The largest absolute Gasteiger partial charge is 0.427 e. The Labute approximate surface area is 84.5 Å². The molecule has 0 radical (unpaired) electrons. The van der Waals surface area contributed by atoms with Crippen molar-refractivity contribution in [2.75, 3.05) is 0 Å². The minimum atomic E-state index is -5.84. The van der Waals surface area contributed by atoms with E-state index in [2.05, 4.69) is 6.58 Å². The Balaban J connectivity index is 4.91. The SMILES string of the molecule is C=C(C)C(=O)CC(=O)C(F)(F)S(=O)(=O)O. The van der Waals surface area contributed by atoms with Crippen LogP contribution in [0, 0.1) is 0 Å². The number of allylic oxidation sites excluding steroid dienone is 1. The highest BCUT2D eigenvalue weighted by Crippen LogP contribution is 2.23. The molecule has 0 amide bonds. The molecule has 0 rings (SSSR count). The fourth-order valence-corrected chi connectivity index (χ4v) is 0.903. The fourth-order valence-electron chi connectivity index (χ4n) is 0.543. The maximum Gasteiger partial charge on any atom is 0.427 e. The number of carbonyl (C=O) groups is 2. The maximum atomic E-state index is 12.6. The summed E-state index contributed by atoms with van der Waals surface area (Å²) in [6, 6.07) is 0. The van der Waals surface area contributed by atoms with Gasteiger partial charge < -0.3 is 0 Å². The van der Waals surface area contributed by atoms with Gasteiger partial charge in [0.2, 0.25) is 5.78 Å². The Morgan fingerprint density at radius 1 is 1.40 bits per heavy atom. The highest BCUT2D eigenvalue weighted by molar-refractivity contribution is 7.87. The predicted molar refractivity (Wildman–Crippen MR) is 45.9 cm³/mol. The van der Waals surface area contributed by atoms with Gasteiger partial charge in [0.1, 0.15) is 0 Å². The monoisotopic (exact) mass is 242 g/mol. The van der Waals surface area contributed by atoms with Crippen molar-refractivity contribution in [1.82, 2.24) is 0 Å². The van der Waals surface area contributed by atoms with E-state index in [1.54, 1.807) is 0 Å². The number of ketones is 2. The Kier molecular flexibility index (Phi) is 3.83. The molecule has 0 unspecified atom stereocenters. The van der Waals surface area contributed by atoms with Crippen molar-refractivity contribution in [3.63, 3.8) is 0 Å². The van der Waals surface area contributed by atoms with E-state index in [0.717, 1.165) is 0 Å². The average molecular weight is 242 g/mol. The third-order valence-corrected chi connectivity index (χ3v) is 2.32. The quantitative estimate of drug-likeness (QED) is 0.432. The molecule has 86 valence electrons. The third-order valence-electron chi connectivity index (χ3n) is 1.45. The molecule has 0 atom stereocenters. The summed E-state index contributed by atoms with van der Waals surface area (Å²) in [6.07, 6.45) is -1.32. The zero-order valence-electron chi connectivity index (χ0n) is 7.66. The standard InChI is InChI=1S/C7H8F2O5S/c1-4(2)5(10)3-6(11)7(8,9)15(12,13)14/h1,3H2,2H3,(H,12,13,14). The van der Waals surface area contributed by atoms with Crippen molar-refractivity contribution in [3.05, 3.63) is 12.2 Å². The lowest BCUT2D eigenvalue weighted by Gasteiger charge is -2.10. The number of rotatable bonds is 5. The van der Waals surface area contributed by atoms with Gasteiger partial charge in [0, 0.05) is 0 Å². The Morgan fingerprint density at radius 2 is 1.80 bits per heavy atom. The van der Waals surface area contributed by atoms with E-state index in [4.69, 9.17) is 4.55 Å². The number of hydrogen-bond acceptors (Lipinski definition) is 4. The molecule has 0 fully saturated rings. The molecule has 0 aliphatic rings. The lowest BCUT2D eigenvalue weighted by Crippen LogP contribution is -2.38. The second-order valence-electron chi connectivity index (χ2n) is 2.80. The zero-order valence-corrected chi connectivity index (χ0v) is 8.48. The van der Waals surface area contributed by atoms with E-state index in [0.29, 0.717) is 0 Å². The molecule has 0 aromatic rings. The van der Waals surface area contributed by atoms with Gasteiger partial charge in [-0.25, -0.2) is 0 Å². The van der Waals surface area contributed by atoms with Crippen molar-refractivity contribution in [1.29, 1.82) is 0 Å². The molecular formula is C7H8F2O5S. The van der Waals surface area contributed by atoms with E-state index in [1.807, 2.05) is 0 Å². The lowest BCUT2D eigenvalue weighted by atomic mass is 10.1. The summed E-state index contributed by atoms with van der Waals surface area (Å²) in [4.78, 5) is 21.5. The third kappa shape index (κ3) is 3.17. The van der Waals surface area contributed by atoms with Crippen molar-refractivity contribution < 1.29 is 31.3 Å². The van der Waals surface area contributed by atoms with Crippen LogP contribution in [0.4, 0.5) is 8.78 Å². The molecule has 15 heavy (non-hydrogen) atoms. The maximum absolute atomic E-state index is 12.6. The topological polar surface area (TPSA) is 88.5 Å². The summed E-state index contributed by atoms with van der Waals surface area (Å²) < 4.78 is 53.4. The molecule has 0 spiro atoms. The first kappa shape index (κ1) is 13.8. The first-order valence-corrected chi connectivity index (χ1v) is 5.01. The van der Waals surface area contributed by atoms with Gasteiger partial charge >= 0.3 is 15.4 Å². The van der Waals surface area contributed by atoms with Gasteiger partial charge in [-0.15, -0.1) is 0 Å². The summed E-state index contributed by atoms with van der Waals surface area (Å²) in [6.45, 7) is 4.28. The van der Waals surface area contributed by atoms with Crippen LogP contribution in [0.25, 0.3) is 0 Å². The van der Waals surface area contributed by atoms with Crippen molar-refractivity contribution in [3.8, 4) is 0 Å². The summed E-state index contributed by atoms with van der Waals surface area (Å²) in [5.41, 5.74) is -0.158. The highest BCUT2D eigenvalue weighted by atomic mass is 32.2. The van der Waals surface area contributed by atoms with Crippen molar-refractivity contribution in [2.24, 2.45) is 0 Å². The molecular weight excluding hydrogens is 234 g/mol. The van der Waals surface area contributed by atoms with Crippen LogP contribution in [0.2, 0.25) is 0 Å². The number of halogens is 2. The summed E-state index contributed by atoms with van der Waals surface area (Å²) in [5, 5.41) is -4.96. The van der Waals surface area contributed by atoms with Crippen LogP contribution in [0.15, 0.2) is 12.2 Å². The molecule has 0 aliphatic carbocycles. The zero-order chi connectivity index (χ0) is 12.4. The molecule has 0 aliphatic heterocycles. The van der Waals surface area contributed by atoms with Gasteiger partial charge in [-0.1, -0.05) is 6.58 Å². The minimum absolute atomic E-state index is 0.158. The second-order valence-corrected chi connectivity index (χ2v) is 4.26. The Morgan fingerprint density at radius 3 is 2.07 bits per heavy atom. The van der Waals surface area contributed by atoms with Crippen LogP contribution in [-0.4, -0.2) is 29.8 Å². The first-order valence-electron chi connectivity index (χ1n) is 3.57. The molecule has 0 saturated carbocycles. The number of Topliss-reactive ketones (excluding diaryl/α,β-unsaturated/α-hetero) is 2. The van der Waals surface area contributed by atoms with E-state index < -0.39 is 33.4 Å². The van der Waals surface area contributed by atoms with Gasteiger partial charge in [0.15, 0.2) is 5.78 Å². The number of carbonyl (C=O) groups excluding carboxylic acids is 2. The molecule has 8 heteroatoms. The van der Waals surface area contributed by atoms with Crippen LogP contribution in [0.5, 0.6) is 0 Å². The smallest absolute Gasteiger partial charge is 0.294 e. The van der Waals surface area contributed by atoms with Crippen LogP contribution >= 0.6 is 0 Å². The molecule has 1 N–H and O–H groups in total. The van der Waals surface area contributed by atoms with Crippen LogP contribution in [-0.2, 0) is 19.7 Å². The van der Waals surface area contributed by atoms with E-state index in [9.17, 15) is 26.8 Å². The minimum Gasteiger partial charge on any atom is -0.294 e. The Bertz CT molecular complexity index is 409. The fraction of sp³-hybridized carbons (Fsp3) is 0.429. The Hall–Kier alpha value is -1.15. The lowest BCUT2D eigenvalue weighted by molar-refractivity contribution is -0.136. The van der Waals surface area contributed by atoms with Gasteiger partial charge in [0.05, 0.1) is 6.42 Å². The van der Waals surface area contributed by atoms with Gasteiger partial charge in [-0.2, -0.15) is 17.2 Å². The highest BCUT2D eigenvalue weighted by Gasteiger charge is 2.51. The first-order chi connectivity index (χ1) is 6.50. The molecule has 0 heterocycles. The molecule has 0 aromatic heterocycles. The summed E-state index contributed by atoms with van der Waals surface area (Å²) >= 11 is 0. The van der Waals surface area contributed by atoms with Crippen LogP contribution in [0.1, 0.15) is 13.3 Å². The van der Waals surface area contributed by atoms with Crippen molar-refractivity contribution >= 4 is 21.7 Å². The van der Waals surface area contributed by atoms with Crippen LogP contribution < -0.4 is 0 Å². The molecule has 0 aromatic carbocycles. The average Bonchev–Trinajstić information content (AvgIpc) is 2.01. The normalized spacial score (nSPS) is 12.3. The van der Waals surface area contributed by atoms with Crippen LogP contribution in [0.3, 0.4) is 0 Å². The molecule has 0 bridgehead atoms. The number of hydrogen-bond donors (Lipinski definition) is 1. The van der Waals surface area contributed by atoms with Crippen molar-refractivity contribution in [2.45, 2.75) is 18.6 Å². The second kappa shape index (κ2) is 4.15. The molecule has 5 nitrogen and oxygen atoms in total.